The van der Waals surface area contributed by atoms with Crippen LogP contribution >= 0.6 is 0 Å². The lowest BCUT2D eigenvalue weighted by molar-refractivity contribution is -0.289. The van der Waals surface area contributed by atoms with Crippen LogP contribution in [0, 0.1) is 5.92 Å². The van der Waals surface area contributed by atoms with Gasteiger partial charge in [0.2, 0.25) is 5.91 Å². The zero-order valence-electron chi connectivity index (χ0n) is 12.7. The number of ether oxygens (including phenoxy) is 2. The van der Waals surface area contributed by atoms with Crippen molar-refractivity contribution < 1.29 is 39.5 Å². The lowest BCUT2D eigenvalue weighted by atomic mass is 9.84. The summed E-state index contributed by atoms with van der Waals surface area (Å²) in [5, 5.41) is 41.7. The molecule has 1 unspecified atom stereocenters. The van der Waals surface area contributed by atoms with Crippen molar-refractivity contribution in [2.24, 2.45) is 5.92 Å². The quantitative estimate of drug-likeness (QED) is 0.349. The summed E-state index contributed by atoms with van der Waals surface area (Å²) in [6.07, 6.45) is -4.14. The van der Waals surface area contributed by atoms with Crippen LogP contribution in [0.25, 0.3) is 0 Å². The van der Waals surface area contributed by atoms with Crippen molar-refractivity contribution in [3.63, 3.8) is 0 Å². The Morgan fingerprint density at radius 3 is 2.55 bits per heavy atom. The zero-order chi connectivity index (χ0) is 17.1. The molecule has 9 heteroatoms. The number of aliphatic hydroxyl groups excluding tert-OH is 3. The fourth-order valence-corrected chi connectivity index (χ4v) is 2.50. The van der Waals surface area contributed by atoms with E-state index < -0.39 is 61.0 Å². The van der Waals surface area contributed by atoms with Gasteiger partial charge in [0.1, 0.15) is 0 Å². The molecular formula is C13H23NO8. The first-order valence-electron chi connectivity index (χ1n) is 6.89. The first kappa shape index (κ1) is 18.8. The van der Waals surface area contributed by atoms with Crippen molar-refractivity contribution in [1.82, 2.24) is 5.32 Å². The Morgan fingerprint density at radius 1 is 1.50 bits per heavy atom. The lowest BCUT2D eigenvalue weighted by Crippen LogP contribution is -2.65. The molecule has 0 aromatic carbocycles. The highest BCUT2D eigenvalue weighted by atomic mass is 16.7. The smallest absolute Gasteiger partial charge is 0.366 e. The third kappa shape index (κ3) is 3.93. The highest BCUT2D eigenvalue weighted by Gasteiger charge is 2.53. The molecule has 0 radical (unpaired) electrons. The molecule has 1 amide bonds. The van der Waals surface area contributed by atoms with Gasteiger partial charge < -0.3 is 35.2 Å². The van der Waals surface area contributed by atoms with E-state index >= 15 is 0 Å². The molecule has 1 rings (SSSR count). The second-order valence-corrected chi connectivity index (χ2v) is 5.47. The van der Waals surface area contributed by atoms with Crippen LogP contribution in [0.4, 0.5) is 0 Å². The normalized spacial score (nSPS) is 34.6. The highest BCUT2D eigenvalue weighted by molar-refractivity contribution is 5.78. The minimum Gasteiger partial charge on any atom is -0.465 e. The second kappa shape index (κ2) is 7.34. The molecule has 0 aromatic rings. The summed E-state index contributed by atoms with van der Waals surface area (Å²) in [6, 6.07) is -0.960. The Morgan fingerprint density at radius 2 is 2.09 bits per heavy atom. The molecule has 1 aliphatic heterocycles. The van der Waals surface area contributed by atoms with Crippen LogP contribution in [-0.2, 0) is 19.1 Å². The van der Waals surface area contributed by atoms with E-state index in [9.17, 15) is 24.9 Å². The van der Waals surface area contributed by atoms with Crippen LogP contribution in [0.5, 0.6) is 0 Å². The van der Waals surface area contributed by atoms with Crippen molar-refractivity contribution in [2.75, 3.05) is 13.7 Å². The molecule has 0 spiro atoms. The molecular weight excluding hydrogens is 298 g/mol. The Bertz CT molecular complexity index is 417. The summed E-state index contributed by atoms with van der Waals surface area (Å²) in [6.45, 7) is 2.15. The molecule has 0 aliphatic carbocycles. The molecule has 1 fully saturated rings. The molecule has 0 bridgehead atoms. The zero-order valence-corrected chi connectivity index (χ0v) is 12.7. The van der Waals surface area contributed by atoms with Crippen molar-refractivity contribution in [2.45, 2.75) is 50.4 Å². The number of carbonyl (C=O) groups excluding carboxylic acids is 2. The Kier molecular flexibility index (Phi) is 6.27. The third-order valence-electron chi connectivity index (χ3n) is 3.77. The SMILES string of the molecule is COC(=O)C1(O)C[C@H](O)[C@@H](NC(C)=O)[C@H]([C@H](C)[C@H](O)CO)O1. The maximum Gasteiger partial charge on any atom is 0.366 e. The van der Waals surface area contributed by atoms with Crippen molar-refractivity contribution in [1.29, 1.82) is 0 Å². The van der Waals surface area contributed by atoms with E-state index in [1.54, 1.807) is 0 Å². The van der Waals surface area contributed by atoms with Gasteiger partial charge in [-0.2, -0.15) is 0 Å². The van der Waals surface area contributed by atoms with Crippen LogP contribution < -0.4 is 5.32 Å². The lowest BCUT2D eigenvalue weighted by Gasteiger charge is -2.45. The molecule has 128 valence electrons. The maximum atomic E-state index is 11.7. The number of nitrogens with one attached hydrogen (secondary N) is 1. The standard InChI is InChI=1S/C13H23NO8/c1-6(9(18)5-15)11-10(14-7(2)16)8(17)4-13(20,22-11)12(19)21-3/h6,8-11,15,17-18,20H,4-5H2,1-3H3,(H,14,16)/t6-,8+,9-,10-,11+,13?/m1/s1. The predicted octanol–water partition coefficient (Wildman–Crippen LogP) is -2.51. The molecule has 0 saturated carbocycles. The number of amides is 1. The molecule has 22 heavy (non-hydrogen) atoms. The minimum absolute atomic E-state index is 0.452. The van der Waals surface area contributed by atoms with Gasteiger partial charge in [0.25, 0.3) is 5.79 Å². The number of rotatable bonds is 5. The highest BCUT2D eigenvalue weighted by Crippen LogP contribution is 2.33. The van der Waals surface area contributed by atoms with Gasteiger partial charge in [0.05, 0.1) is 38.1 Å². The topological polar surface area (TPSA) is 146 Å². The van der Waals surface area contributed by atoms with Gasteiger partial charge in [-0.25, -0.2) is 4.79 Å². The van der Waals surface area contributed by atoms with Gasteiger partial charge >= 0.3 is 5.97 Å². The molecule has 0 aromatic heterocycles. The summed E-state index contributed by atoms with van der Waals surface area (Å²) in [4.78, 5) is 22.9. The molecule has 1 heterocycles. The molecule has 1 saturated heterocycles. The van der Waals surface area contributed by atoms with E-state index in [4.69, 9.17) is 9.84 Å². The van der Waals surface area contributed by atoms with E-state index in [2.05, 4.69) is 10.1 Å². The summed E-state index contributed by atoms with van der Waals surface area (Å²) in [5.74, 6) is -4.72. The number of methoxy groups -OCH3 is 1. The average Bonchev–Trinajstić information content (AvgIpc) is 2.46. The summed E-state index contributed by atoms with van der Waals surface area (Å²) in [5.41, 5.74) is 0. The van der Waals surface area contributed by atoms with Gasteiger partial charge in [0.15, 0.2) is 0 Å². The summed E-state index contributed by atoms with van der Waals surface area (Å²) >= 11 is 0. The predicted molar refractivity (Wildman–Crippen MR) is 72.3 cm³/mol. The monoisotopic (exact) mass is 321 g/mol. The van der Waals surface area contributed by atoms with Crippen molar-refractivity contribution >= 4 is 11.9 Å². The van der Waals surface area contributed by atoms with Gasteiger partial charge in [0, 0.05) is 19.3 Å². The van der Waals surface area contributed by atoms with Crippen LogP contribution in [0.2, 0.25) is 0 Å². The average molecular weight is 321 g/mol. The van der Waals surface area contributed by atoms with E-state index in [1.807, 2.05) is 0 Å². The van der Waals surface area contributed by atoms with Gasteiger partial charge in [-0.3, -0.25) is 4.79 Å². The third-order valence-corrected chi connectivity index (χ3v) is 3.77. The van der Waals surface area contributed by atoms with Crippen molar-refractivity contribution in [3.05, 3.63) is 0 Å². The Labute approximate surface area is 127 Å². The maximum absolute atomic E-state index is 11.7. The Balaban J connectivity index is 3.09. The van der Waals surface area contributed by atoms with E-state index in [0.29, 0.717) is 0 Å². The van der Waals surface area contributed by atoms with Crippen molar-refractivity contribution in [3.8, 4) is 0 Å². The van der Waals surface area contributed by atoms with E-state index in [-0.39, 0.29) is 0 Å². The second-order valence-electron chi connectivity index (χ2n) is 5.47. The number of hydrogen-bond acceptors (Lipinski definition) is 8. The first-order chi connectivity index (χ1) is 10.2. The molecule has 6 atom stereocenters. The number of esters is 1. The number of carbonyl (C=O) groups is 2. The number of aliphatic hydroxyl groups is 4. The number of hydrogen-bond donors (Lipinski definition) is 5. The van der Waals surface area contributed by atoms with Crippen LogP contribution in [0.15, 0.2) is 0 Å². The van der Waals surface area contributed by atoms with Gasteiger partial charge in [-0.05, 0) is 0 Å². The summed E-state index contributed by atoms with van der Waals surface area (Å²) in [7, 11) is 1.05. The van der Waals surface area contributed by atoms with Crippen LogP contribution in [0.1, 0.15) is 20.3 Å². The summed E-state index contributed by atoms with van der Waals surface area (Å²) < 4.78 is 9.78. The Hall–Kier alpha value is -1.26. The molecule has 1 aliphatic rings. The van der Waals surface area contributed by atoms with E-state index in [1.165, 1.54) is 13.8 Å². The van der Waals surface area contributed by atoms with Crippen LogP contribution in [0.3, 0.4) is 0 Å². The first-order valence-corrected chi connectivity index (χ1v) is 6.89. The van der Waals surface area contributed by atoms with Gasteiger partial charge in [-0.1, -0.05) is 6.92 Å². The molecule has 9 nitrogen and oxygen atoms in total. The van der Waals surface area contributed by atoms with Crippen LogP contribution in [-0.4, -0.2) is 76.2 Å². The molecule has 5 N–H and O–H groups in total. The largest absolute Gasteiger partial charge is 0.465 e. The van der Waals surface area contributed by atoms with E-state index in [0.717, 1.165) is 7.11 Å². The fraction of sp³-hybridized carbons (Fsp3) is 0.846. The van der Waals surface area contributed by atoms with Gasteiger partial charge in [-0.15, -0.1) is 0 Å². The fourth-order valence-electron chi connectivity index (χ4n) is 2.50. The minimum atomic E-state index is -2.39.